The second-order valence-corrected chi connectivity index (χ2v) is 11.3. The zero-order valence-corrected chi connectivity index (χ0v) is 23.2. The number of nitrogens with zero attached hydrogens (tertiary/aromatic N) is 2. The van der Waals surface area contributed by atoms with Crippen LogP contribution < -0.4 is 0 Å². The molecule has 5 atom stereocenters. The van der Waals surface area contributed by atoms with E-state index in [4.69, 9.17) is 4.74 Å². The van der Waals surface area contributed by atoms with Crippen LogP contribution in [0.5, 0.6) is 0 Å². The van der Waals surface area contributed by atoms with Crippen LogP contribution in [0, 0.1) is 11.8 Å². The standard InChI is InChI=1S/C32H32F6N2O2/c1-39(2)30(41)26-18-40-14-13-25(26)29(28(40)27(21-9-5-3-6-10-21)22-11-7-4-8-12-22)42-19-20-15-23(31(33,34)35)17-24(16-20)32(36,37)38/h3-12,15-17,25-29H,13-14,18-19H2,1-2H3/t25-,26-,28-,29+/m1/s1. The van der Waals surface area contributed by atoms with Crippen molar-refractivity contribution in [2.45, 2.75) is 43.4 Å². The fourth-order valence-electron chi connectivity index (χ4n) is 6.54. The van der Waals surface area contributed by atoms with Crippen LogP contribution in [0.15, 0.2) is 78.9 Å². The lowest BCUT2D eigenvalue weighted by Crippen LogP contribution is -2.66. The van der Waals surface area contributed by atoms with E-state index in [2.05, 4.69) is 4.90 Å². The Morgan fingerprint density at radius 2 is 1.40 bits per heavy atom. The molecule has 224 valence electrons. The van der Waals surface area contributed by atoms with Crippen molar-refractivity contribution in [2.24, 2.45) is 11.8 Å². The molecule has 4 nitrogen and oxygen atoms in total. The molecule has 0 aliphatic carbocycles. The van der Waals surface area contributed by atoms with E-state index in [0.29, 0.717) is 31.6 Å². The summed E-state index contributed by atoms with van der Waals surface area (Å²) >= 11 is 0. The summed E-state index contributed by atoms with van der Waals surface area (Å²) in [6, 6.07) is 20.8. The predicted molar refractivity (Wildman–Crippen MR) is 145 cm³/mol. The van der Waals surface area contributed by atoms with Crippen LogP contribution in [0.25, 0.3) is 0 Å². The number of hydrogen-bond acceptors (Lipinski definition) is 3. The highest BCUT2D eigenvalue weighted by atomic mass is 19.4. The minimum atomic E-state index is -4.96. The monoisotopic (exact) mass is 590 g/mol. The smallest absolute Gasteiger partial charge is 0.372 e. The van der Waals surface area contributed by atoms with Crippen LogP contribution >= 0.6 is 0 Å². The number of piperidine rings is 3. The fraction of sp³-hybridized carbons (Fsp3) is 0.406. The molecule has 42 heavy (non-hydrogen) atoms. The number of fused-ring (bicyclic) bond motifs is 3. The van der Waals surface area contributed by atoms with E-state index in [1.807, 2.05) is 60.7 Å². The summed E-state index contributed by atoms with van der Waals surface area (Å²) in [7, 11) is 3.34. The van der Waals surface area contributed by atoms with Gasteiger partial charge in [0.25, 0.3) is 0 Å². The van der Waals surface area contributed by atoms with Crippen LogP contribution in [-0.2, 0) is 28.5 Å². The maximum atomic E-state index is 13.6. The third-order valence-electron chi connectivity index (χ3n) is 8.38. The third-order valence-corrected chi connectivity index (χ3v) is 8.38. The number of rotatable bonds is 7. The van der Waals surface area contributed by atoms with Gasteiger partial charge in [0.1, 0.15) is 0 Å². The number of benzene rings is 3. The van der Waals surface area contributed by atoms with Crippen molar-refractivity contribution in [3.63, 3.8) is 0 Å². The van der Waals surface area contributed by atoms with E-state index in [1.54, 1.807) is 14.1 Å². The Bertz CT molecular complexity index is 1310. The summed E-state index contributed by atoms with van der Waals surface area (Å²) in [5, 5.41) is 0. The Labute approximate surface area is 240 Å². The Balaban J connectivity index is 1.56. The molecular formula is C32H32F6N2O2. The highest BCUT2D eigenvalue weighted by molar-refractivity contribution is 5.79. The lowest BCUT2D eigenvalue weighted by molar-refractivity contribution is -0.166. The summed E-state index contributed by atoms with van der Waals surface area (Å²) in [6.45, 7) is 0.728. The summed E-state index contributed by atoms with van der Waals surface area (Å²) in [4.78, 5) is 17.0. The molecule has 0 spiro atoms. The molecular weight excluding hydrogens is 558 g/mol. The van der Waals surface area contributed by atoms with Crippen LogP contribution in [0.1, 0.15) is 40.2 Å². The number of carbonyl (C=O) groups excluding carboxylic acids is 1. The van der Waals surface area contributed by atoms with Crippen molar-refractivity contribution in [1.82, 2.24) is 9.80 Å². The quantitative estimate of drug-likeness (QED) is 0.282. The molecule has 0 radical (unpaired) electrons. The van der Waals surface area contributed by atoms with Gasteiger partial charge in [-0.3, -0.25) is 9.69 Å². The second kappa shape index (κ2) is 11.7. The van der Waals surface area contributed by atoms with Crippen LogP contribution in [0.3, 0.4) is 0 Å². The largest absolute Gasteiger partial charge is 0.416 e. The first kappa shape index (κ1) is 30.1. The van der Waals surface area contributed by atoms with Gasteiger partial charge in [-0.2, -0.15) is 26.3 Å². The number of amides is 1. The van der Waals surface area contributed by atoms with Gasteiger partial charge in [-0.1, -0.05) is 60.7 Å². The Morgan fingerprint density at radius 1 is 0.881 bits per heavy atom. The summed E-state index contributed by atoms with van der Waals surface area (Å²) in [5.74, 6) is -0.957. The number of halogens is 6. The van der Waals surface area contributed by atoms with Crippen LogP contribution in [-0.4, -0.2) is 55.0 Å². The SMILES string of the molecule is CN(C)C(=O)[C@@H]1CN2CC[C@H]1[C@H](OCc1cc(C(F)(F)F)cc(C(F)(F)F)c1)[C@H]2C(c1ccccc1)c1ccccc1. The molecule has 0 saturated carbocycles. The average molecular weight is 591 g/mol. The van der Waals surface area contributed by atoms with E-state index in [1.165, 1.54) is 4.90 Å². The van der Waals surface area contributed by atoms with Crippen molar-refractivity contribution in [1.29, 1.82) is 0 Å². The van der Waals surface area contributed by atoms with Crippen molar-refractivity contribution in [3.05, 3.63) is 107 Å². The predicted octanol–water partition coefficient (Wildman–Crippen LogP) is 6.85. The highest BCUT2D eigenvalue weighted by Gasteiger charge is 2.53. The first-order valence-electron chi connectivity index (χ1n) is 13.8. The van der Waals surface area contributed by atoms with Gasteiger partial charge >= 0.3 is 12.4 Å². The van der Waals surface area contributed by atoms with E-state index < -0.39 is 42.1 Å². The summed E-state index contributed by atoms with van der Waals surface area (Å²) < 4.78 is 87.7. The number of ether oxygens (including phenoxy) is 1. The molecule has 1 unspecified atom stereocenters. The maximum Gasteiger partial charge on any atom is 0.416 e. The molecule has 3 aliphatic rings. The summed E-state index contributed by atoms with van der Waals surface area (Å²) in [5.41, 5.74) is -0.978. The fourth-order valence-corrected chi connectivity index (χ4v) is 6.54. The molecule has 2 bridgehead atoms. The van der Waals surface area contributed by atoms with E-state index in [0.717, 1.165) is 11.1 Å². The average Bonchev–Trinajstić information content (AvgIpc) is 2.96. The molecule has 3 saturated heterocycles. The lowest BCUT2D eigenvalue weighted by Gasteiger charge is -2.56. The minimum absolute atomic E-state index is 0.0776. The molecule has 3 heterocycles. The normalized spacial score (nSPS) is 24.2. The number of carbonyl (C=O) groups is 1. The highest BCUT2D eigenvalue weighted by Crippen LogP contribution is 2.46. The summed E-state index contributed by atoms with van der Waals surface area (Å²) in [6.07, 6.45) is -9.92. The molecule has 6 rings (SSSR count). The minimum Gasteiger partial charge on any atom is -0.372 e. The van der Waals surface area contributed by atoms with Gasteiger partial charge in [0.15, 0.2) is 0 Å². The zero-order chi connectivity index (χ0) is 30.2. The van der Waals surface area contributed by atoms with Crippen LogP contribution in [0.2, 0.25) is 0 Å². The van der Waals surface area contributed by atoms with Gasteiger partial charge < -0.3 is 9.64 Å². The Kier molecular flexibility index (Phi) is 8.40. The Hall–Kier alpha value is -3.37. The van der Waals surface area contributed by atoms with E-state index in [9.17, 15) is 31.1 Å². The first-order chi connectivity index (χ1) is 19.8. The van der Waals surface area contributed by atoms with Crippen molar-refractivity contribution in [2.75, 3.05) is 27.2 Å². The van der Waals surface area contributed by atoms with E-state index in [-0.39, 0.29) is 35.4 Å². The molecule has 0 aromatic heterocycles. The van der Waals surface area contributed by atoms with Crippen molar-refractivity contribution < 1.29 is 35.9 Å². The molecule has 3 aromatic carbocycles. The molecule has 3 fully saturated rings. The second-order valence-electron chi connectivity index (χ2n) is 11.3. The topological polar surface area (TPSA) is 32.8 Å². The molecule has 3 aliphatic heterocycles. The lowest BCUT2D eigenvalue weighted by atomic mass is 9.67. The van der Waals surface area contributed by atoms with Gasteiger partial charge in [-0.25, -0.2) is 0 Å². The molecule has 0 N–H and O–H groups in total. The van der Waals surface area contributed by atoms with Gasteiger partial charge in [0.2, 0.25) is 5.91 Å². The van der Waals surface area contributed by atoms with Gasteiger partial charge in [0, 0.05) is 38.5 Å². The maximum absolute atomic E-state index is 13.6. The number of alkyl halides is 6. The van der Waals surface area contributed by atoms with Crippen molar-refractivity contribution >= 4 is 5.91 Å². The van der Waals surface area contributed by atoms with Gasteiger partial charge in [-0.15, -0.1) is 0 Å². The van der Waals surface area contributed by atoms with Gasteiger partial charge in [-0.05, 0) is 47.9 Å². The zero-order valence-electron chi connectivity index (χ0n) is 23.2. The molecule has 10 heteroatoms. The van der Waals surface area contributed by atoms with Gasteiger partial charge in [0.05, 0.1) is 29.8 Å². The molecule has 1 amide bonds. The van der Waals surface area contributed by atoms with Crippen molar-refractivity contribution in [3.8, 4) is 0 Å². The molecule has 3 aromatic rings. The first-order valence-corrected chi connectivity index (χ1v) is 13.8. The van der Waals surface area contributed by atoms with E-state index >= 15 is 0 Å². The van der Waals surface area contributed by atoms with Crippen LogP contribution in [0.4, 0.5) is 26.3 Å². The third kappa shape index (κ3) is 6.20. The Morgan fingerprint density at radius 3 is 1.88 bits per heavy atom. The number of hydrogen-bond donors (Lipinski definition) is 0.